The van der Waals surface area contributed by atoms with Crippen molar-refractivity contribution in [1.29, 1.82) is 0 Å². The van der Waals surface area contributed by atoms with Gasteiger partial charge in [-0.3, -0.25) is 4.98 Å². The molecule has 6 aromatic rings. The Morgan fingerprint density at radius 3 is 1.68 bits per heavy atom. The molecular formula is C34H25N3. The first-order chi connectivity index (χ1) is 18.1. The summed E-state index contributed by atoms with van der Waals surface area (Å²) in [5, 5.41) is 0. The Kier molecular flexibility index (Phi) is 4.80. The van der Waals surface area contributed by atoms with E-state index >= 15 is 0 Å². The fourth-order valence-corrected chi connectivity index (χ4v) is 5.61. The van der Waals surface area contributed by atoms with Crippen molar-refractivity contribution in [3.8, 4) is 44.8 Å². The number of fused-ring (bicyclic) bond motifs is 4. The zero-order valence-corrected chi connectivity index (χ0v) is 20.8. The smallest absolute Gasteiger partial charge is 0.0973 e. The molecule has 0 saturated carbocycles. The molecule has 0 saturated heterocycles. The number of aromatic nitrogens is 3. The van der Waals surface area contributed by atoms with Crippen LogP contribution in [0.1, 0.15) is 25.0 Å². The lowest BCUT2D eigenvalue weighted by Crippen LogP contribution is -2.15. The molecule has 1 aliphatic carbocycles. The summed E-state index contributed by atoms with van der Waals surface area (Å²) >= 11 is 0. The Morgan fingerprint density at radius 2 is 1.03 bits per heavy atom. The van der Waals surface area contributed by atoms with Crippen molar-refractivity contribution < 1.29 is 0 Å². The Morgan fingerprint density at radius 1 is 0.486 bits per heavy atom. The van der Waals surface area contributed by atoms with E-state index < -0.39 is 0 Å². The van der Waals surface area contributed by atoms with E-state index in [0.717, 1.165) is 33.5 Å². The second-order valence-electron chi connectivity index (χ2n) is 10.2. The minimum absolute atomic E-state index is 0.138. The van der Waals surface area contributed by atoms with Crippen molar-refractivity contribution >= 4 is 11.0 Å². The molecule has 176 valence electrons. The third-order valence-corrected chi connectivity index (χ3v) is 7.58. The molecule has 2 aromatic heterocycles. The van der Waals surface area contributed by atoms with E-state index in [9.17, 15) is 0 Å². The van der Waals surface area contributed by atoms with E-state index in [1.54, 1.807) is 0 Å². The molecule has 0 aliphatic heterocycles. The van der Waals surface area contributed by atoms with Crippen LogP contribution in [0.3, 0.4) is 0 Å². The molecule has 0 atom stereocenters. The van der Waals surface area contributed by atoms with Crippen molar-refractivity contribution in [3.05, 3.63) is 127 Å². The predicted molar refractivity (Wildman–Crippen MR) is 151 cm³/mol. The van der Waals surface area contributed by atoms with E-state index in [1.807, 2.05) is 42.7 Å². The van der Waals surface area contributed by atoms with Gasteiger partial charge in [0, 0.05) is 28.9 Å². The van der Waals surface area contributed by atoms with Crippen LogP contribution in [0, 0.1) is 0 Å². The lowest BCUT2D eigenvalue weighted by Gasteiger charge is -2.23. The summed E-state index contributed by atoms with van der Waals surface area (Å²) in [6.07, 6.45) is 3.70. The largest absolute Gasteiger partial charge is 0.265 e. The van der Waals surface area contributed by atoms with Gasteiger partial charge in [0.05, 0.1) is 22.4 Å². The van der Waals surface area contributed by atoms with Crippen molar-refractivity contribution in [1.82, 2.24) is 15.0 Å². The maximum absolute atomic E-state index is 5.13. The van der Waals surface area contributed by atoms with Crippen molar-refractivity contribution in [2.45, 2.75) is 19.3 Å². The molecule has 3 nitrogen and oxygen atoms in total. The Bertz CT molecular complexity index is 1790. The fraction of sp³-hybridized carbons (Fsp3) is 0.0882. The van der Waals surface area contributed by atoms with E-state index in [2.05, 4.69) is 91.6 Å². The Hall–Kier alpha value is -4.63. The summed E-state index contributed by atoms with van der Waals surface area (Å²) < 4.78 is 0. The second-order valence-corrected chi connectivity index (χ2v) is 10.2. The molecule has 0 radical (unpaired) electrons. The summed E-state index contributed by atoms with van der Waals surface area (Å²) in [5.41, 5.74) is 13.3. The van der Waals surface area contributed by atoms with Gasteiger partial charge in [-0.15, -0.1) is 0 Å². The fourth-order valence-electron chi connectivity index (χ4n) is 5.61. The van der Waals surface area contributed by atoms with E-state index in [4.69, 9.17) is 9.97 Å². The number of nitrogens with zero attached hydrogens (tertiary/aromatic N) is 3. The van der Waals surface area contributed by atoms with Crippen molar-refractivity contribution in [3.63, 3.8) is 0 Å². The maximum Gasteiger partial charge on any atom is 0.0973 e. The average Bonchev–Trinajstić information content (AvgIpc) is 3.18. The molecule has 4 aromatic carbocycles. The van der Waals surface area contributed by atoms with Gasteiger partial charge in [-0.25, -0.2) is 9.97 Å². The highest BCUT2D eigenvalue weighted by Crippen LogP contribution is 2.50. The normalized spacial score (nSPS) is 13.4. The molecule has 1 aliphatic rings. The van der Waals surface area contributed by atoms with Gasteiger partial charge in [0.25, 0.3) is 0 Å². The molecule has 0 fully saturated rings. The lowest BCUT2D eigenvalue weighted by atomic mass is 9.81. The molecule has 0 amide bonds. The van der Waals surface area contributed by atoms with E-state index in [1.165, 1.54) is 33.4 Å². The number of hydrogen-bond donors (Lipinski definition) is 0. The second kappa shape index (κ2) is 8.21. The first kappa shape index (κ1) is 21.6. The standard InChI is InChI=1S/C34H25N3/c1-34(2)28-20-24(22-16-18-35-19-17-22)12-14-26(28)27-15-13-25(21-29(27)34)33-32(23-8-4-3-5-9-23)36-30-10-6-7-11-31(30)37-33/h3-21H,1-2H3. The van der Waals surface area contributed by atoms with Gasteiger partial charge in [0.1, 0.15) is 0 Å². The first-order valence-electron chi connectivity index (χ1n) is 12.6. The summed E-state index contributed by atoms with van der Waals surface area (Å²) in [5.74, 6) is 0. The number of hydrogen-bond acceptors (Lipinski definition) is 3. The molecule has 3 heteroatoms. The molecule has 0 bridgehead atoms. The van der Waals surface area contributed by atoms with Gasteiger partial charge in [0.2, 0.25) is 0 Å². The highest BCUT2D eigenvalue weighted by atomic mass is 14.8. The minimum atomic E-state index is -0.138. The molecule has 0 N–H and O–H groups in total. The van der Waals surface area contributed by atoms with Crippen LogP contribution in [0.15, 0.2) is 116 Å². The predicted octanol–water partition coefficient (Wildman–Crippen LogP) is 8.33. The van der Waals surface area contributed by atoms with Crippen LogP contribution >= 0.6 is 0 Å². The van der Waals surface area contributed by atoms with Crippen LogP contribution in [-0.4, -0.2) is 15.0 Å². The molecule has 7 rings (SSSR count). The van der Waals surface area contributed by atoms with Crippen LogP contribution < -0.4 is 0 Å². The van der Waals surface area contributed by atoms with Crippen LogP contribution in [0.2, 0.25) is 0 Å². The lowest BCUT2D eigenvalue weighted by molar-refractivity contribution is 0.661. The van der Waals surface area contributed by atoms with Crippen LogP contribution in [0.4, 0.5) is 0 Å². The van der Waals surface area contributed by atoms with Crippen LogP contribution in [-0.2, 0) is 5.41 Å². The van der Waals surface area contributed by atoms with Gasteiger partial charge < -0.3 is 0 Å². The SMILES string of the molecule is CC1(C)c2cc(-c3ccncc3)ccc2-c2ccc(-c3nc4ccccc4nc3-c3ccccc3)cc21. The van der Waals surface area contributed by atoms with Crippen LogP contribution in [0.5, 0.6) is 0 Å². The third kappa shape index (κ3) is 3.47. The summed E-state index contributed by atoms with van der Waals surface area (Å²) in [7, 11) is 0. The van der Waals surface area contributed by atoms with E-state index in [-0.39, 0.29) is 5.41 Å². The number of para-hydroxylation sites is 2. The zero-order chi connectivity index (χ0) is 25.0. The molecule has 37 heavy (non-hydrogen) atoms. The molecule has 2 heterocycles. The highest BCUT2D eigenvalue weighted by Gasteiger charge is 2.36. The Labute approximate surface area is 216 Å². The Balaban J connectivity index is 1.40. The summed E-state index contributed by atoms with van der Waals surface area (Å²) in [4.78, 5) is 14.4. The van der Waals surface area contributed by atoms with Gasteiger partial charge >= 0.3 is 0 Å². The van der Waals surface area contributed by atoms with Gasteiger partial charge in [-0.1, -0.05) is 80.6 Å². The number of pyridine rings is 1. The maximum atomic E-state index is 5.13. The van der Waals surface area contributed by atoms with Crippen LogP contribution in [0.25, 0.3) is 55.8 Å². The highest BCUT2D eigenvalue weighted by molar-refractivity contribution is 5.89. The minimum Gasteiger partial charge on any atom is -0.265 e. The molecular weight excluding hydrogens is 450 g/mol. The zero-order valence-electron chi connectivity index (χ0n) is 20.8. The van der Waals surface area contributed by atoms with Crippen molar-refractivity contribution in [2.24, 2.45) is 0 Å². The molecule has 0 spiro atoms. The quantitative estimate of drug-likeness (QED) is 0.258. The van der Waals surface area contributed by atoms with E-state index in [0.29, 0.717) is 0 Å². The van der Waals surface area contributed by atoms with Gasteiger partial charge in [-0.2, -0.15) is 0 Å². The van der Waals surface area contributed by atoms with Gasteiger partial charge in [-0.05, 0) is 69.8 Å². The van der Waals surface area contributed by atoms with Gasteiger partial charge in [0.15, 0.2) is 0 Å². The average molecular weight is 476 g/mol. The molecule has 0 unspecified atom stereocenters. The topological polar surface area (TPSA) is 38.7 Å². The van der Waals surface area contributed by atoms with Crippen molar-refractivity contribution in [2.75, 3.05) is 0 Å². The third-order valence-electron chi connectivity index (χ3n) is 7.58. The number of benzene rings is 4. The summed E-state index contributed by atoms with van der Waals surface area (Å²) in [6, 6.07) is 36.2. The number of rotatable bonds is 3. The summed E-state index contributed by atoms with van der Waals surface area (Å²) in [6.45, 7) is 4.64. The first-order valence-corrected chi connectivity index (χ1v) is 12.6. The monoisotopic (exact) mass is 475 g/mol.